The zero-order valence-electron chi connectivity index (χ0n) is 9.63. The Balaban J connectivity index is 2.66. The molecule has 0 saturated heterocycles. The smallest absolute Gasteiger partial charge is 0.211 e. The number of nitrogens with one attached hydrogen (secondary N) is 1. The van der Waals surface area contributed by atoms with Gasteiger partial charge in [-0.3, -0.25) is 0 Å². The first-order valence-electron chi connectivity index (χ1n) is 5.48. The van der Waals surface area contributed by atoms with Gasteiger partial charge in [0.15, 0.2) is 0 Å². The fraction of sp³-hybridized carbons (Fsp3) is 0.455. The third-order valence-corrected chi connectivity index (χ3v) is 4.79. The van der Waals surface area contributed by atoms with Crippen LogP contribution in [0.1, 0.15) is 19.3 Å². The van der Waals surface area contributed by atoms with Crippen LogP contribution in [0, 0.1) is 5.82 Å². The number of hydrogen-bond donors (Lipinski definition) is 1. The molecule has 0 aliphatic rings. The second kappa shape index (κ2) is 7.43. The Morgan fingerprint density at radius 1 is 1.28 bits per heavy atom. The molecule has 0 aliphatic carbocycles. The summed E-state index contributed by atoms with van der Waals surface area (Å²) in [4.78, 5) is -0.218. The number of unbranched alkanes of at least 4 members (excludes halogenated alkanes) is 2. The average molecular weight is 359 g/mol. The highest BCUT2D eigenvalue weighted by Gasteiger charge is 2.17. The third-order valence-electron chi connectivity index (χ3n) is 2.29. The van der Waals surface area contributed by atoms with Crippen LogP contribution in [0.5, 0.6) is 0 Å². The Bertz CT molecular complexity index is 496. The van der Waals surface area contributed by atoms with Crippen molar-refractivity contribution >= 4 is 37.6 Å². The molecule has 0 amide bonds. The molecule has 1 rings (SSSR count). The summed E-state index contributed by atoms with van der Waals surface area (Å²) in [5.41, 5.74) is 0. The minimum absolute atomic E-state index is 0.0179. The van der Waals surface area contributed by atoms with Crippen molar-refractivity contribution in [3.63, 3.8) is 0 Å². The van der Waals surface area contributed by atoms with Gasteiger partial charge in [-0.05, 0) is 31.0 Å². The summed E-state index contributed by atoms with van der Waals surface area (Å²) in [6.45, 7) is 0.322. The standard InChI is InChI=1S/C11H14BrClFNO2S/c12-6-2-1-3-7-15-18(16,17)11-8-9(14)4-5-10(11)13/h4-5,8,15H,1-3,6-7H2. The summed E-state index contributed by atoms with van der Waals surface area (Å²) in [7, 11) is -3.73. The van der Waals surface area contributed by atoms with Crippen molar-refractivity contribution in [3.05, 3.63) is 29.0 Å². The number of benzene rings is 1. The van der Waals surface area contributed by atoms with E-state index >= 15 is 0 Å². The van der Waals surface area contributed by atoms with Gasteiger partial charge >= 0.3 is 0 Å². The Morgan fingerprint density at radius 2 is 2.00 bits per heavy atom. The highest BCUT2D eigenvalue weighted by molar-refractivity contribution is 9.09. The summed E-state index contributed by atoms with van der Waals surface area (Å²) >= 11 is 9.05. The van der Waals surface area contributed by atoms with E-state index < -0.39 is 15.8 Å². The van der Waals surface area contributed by atoms with Crippen molar-refractivity contribution in [3.8, 4) is 0 Å². The van der Waals surface area contributed by atoms with Gasteiger partial charge in [0.1, 0.15) is 10.7 Å². The van der Waals surface area contributed by atoms with Gasteiger partial charge in [0.25, 0.3) is 0 Å². The molecule has 0 unspecified atom stereocenters. The quantitative estimate of drug-likeness (QED) is 0.600. The zero-order valence-corrected chi connectivity index (χ0v) is 12.8. The molecular weight excluding hydrogens is 345 g/mol. The molecule has 0 fully saturated rings. The van der Waals surface area contributed by atoms with Crippen LogP contribution < -0.4 is 4.72 Å². The molecule has 1 aromatic rings. The second-order valence-corrected chi connectivity index (χ2v) is 6.66. The molecule has 0 aromatic heterocycles. The van der Waals surface area contributed by atoms with Crippen molar-refractivity contribution in [2.45, 2.75) is 24.2 Å². The van der Waals surface area contributed by atoms with Crippen molar-refractivity contribution in [2.75, 3.05) is 11.9 Å². The monoisotopic (exact) mass is 357 g/mol. The van der Waals surface area contributed by atoms with Crippen LogP contribution in [0.25, 0.3) is 0 Å². The van der Waals surface area contributed by atoms with Crippen molar-refractivity contribution in [1.29, 1.82) is 0 Å². The highest BCUT2D eigenvalue weighted by Crippen LogP contribution is 2.21. The number of hydrogen-bond acceptors (Lipinski definition) is 2. The van der Waals surface area contributed by atoms with Gasteiger partial charge in [-0.25, -0.2) is 17.5 Å². The lowest BCUT2D eigenvalue weighted by Crippen LogP contribution is -2.25. The number of alkyl halides is 1. The van der Waals surface area contributed by atoms with Crippen LogP contribution in [0.2, 0.25) is 5.02 Å². The normalized spacial score (nSPS) is 11.7. The maximum atomic E-state index is 13.0. The van der Waals surface area contributed by atoms with Crippen LogP contribution in [-0.4, -0.2) is 20.3 Å². The summed E-state index contributed by atoms with van der Waals surface area (Å²) in [6.07, 6.45) is 2.64. The molecule has 0 saturated carbocycles. The number of halogens is 3. The van der Waals surface area contributed by atoms with Crippen LogP contribution in [0.3, 0.4) is 0 Å². The van der Waals surface area contributed by atoms with Gasteiger partial charge in [0.2, 0.25) is 10.0 Å². The van der Waals surface area contributed by atoms with E-state index in [9.17, 15) is 12.8 Å². The lowest BCUT2D eigenvalue weighted by molar-refractivity contribution is 0.573. The molecule has 0 aliphatic heterocycles. The van der Waals surface area contributed by atoms with Crippen LogP contribution in [0.4, 0.5) is 4.39 Å². The lowest BCUT2D eigenvalue weighted by Gasteiger charge is -2.08. The average Bonchev–Trinajstić information content (AvgIpc) is 2.32. The molecule has 0 spiro atoms. The third kappa shape index (κ3) is 4.84. The first-order chi connectivity index (χ1) is 8.47. The Morgan fingerprint density at radius 3 is 2.67 bits per heavy atom. The minimum atomic E-state index is -3.73. The minimum Gasteiger partial charge on any atom is -0.211 e. The first kappa shape index (κ1) is 15.9. The molecule has 0 bridgehead atoms. The first-order valence-corrected chi connectivity index (χ1v) is 8.46. The van der Waals surface area contributed by atoms with Crippen LogP contribution in [0.15, 0.2) is 23.1 Å². The van der Waals surface area contributed by atoms with Gasteiger partial charge in [0, 0.05) is 11.9 Å². The fourth-order valence-electron chi connectivity index (χ4n) is 1.36. The van der Waals surface area contributed by atoms with Crippen molar-refractivity contribution in [2.24, 2.45) is 0 Å². The molecule has 0 heterocycles. The lowest BCUT2D eigenvalue weighted by atomic mass is 10.3. The van der Waals surface area contributed by atoms with Gasteiger partial charge in [0.05, 0.1) is 5.02 Å². The molecule has 18 heavy (non-hydrogen) atoms. The fourth-order valence-corrected chi connectivity index (χ4v) is 3.34. The van der Waals surface area contributed by atoms with E-state index in [1.54, 1.807) is 0 Å². The number of sulfonamides is 1. The zero-order chi connectivity index (χ0) is 13.6. The van der Waals surface area contributed by atoms with Crippen molar-refractivity contribution in [1.82, 2.24) is 4.72 Å². The maximum absolute atomic E-state index is 13.0. The molecule has 1 N–H and O–H groups in total. The largest absolute Gasteiger partial charge is 0.242 e. The summed E-state index contributed by atoms with van der Waals surface area (Å²) in [6, 6.07) is 3.27. The summed E-state index contributed by atoms with van der Waals surface area (Å²) < 4.78 is 39.2. The molecule has 0 atom stereocenters. The molecule has 1 aromatic carbocycles. The van der Waals surface area contributed by atoms with E-state index in [0.717, 1.165) is 36.7 Å². The van der Waals surface area contributed by atoms with Gasteiger partial charge in [-0.1, -0.05) is 34.0 Å². The van der Waals surface area contributed by atoms with Gasteiger partial charge in [-0.15, -0.1) is 0 Å². The van der Waals surface area contributed by atoms with E-state index in [4.69, 9.17) is 11.6 Å². The molecular formula is C11H14BrClFNO2S. The topological polar surface area (TPSA) is 46.2 Å². The highest BCUT2D eigenvalue weighted by atomic mass is 79.9. The van der Waals surface area contributed by atoms with E-state index in [2.05, 4.69) is 20.7 Å². The summed E-state index contributed by atoms with van der Waals surface area (Å²) in [5.74, 6) is -0.626. The van der Waals surface area contributed by atoms with E-state index in [0.29, 0.717) is 6.54 Å². The van der Waals surface area contributed by atoms with Gasteiger partial charge < -0.3 is 0 Å². The van der Waals surface area contributed by atoms with E-state index in [-0.39, 0.29) is 9.92 Å². The molecule has 0 radical (unpaired) electrons. The Kier molecular flexibility index (Phi) is 6.55. The van der Waals surface area contributed by atoms with Crippen molar-refractivity contribution < 1.29 is 12.8 Å². The molecule has 7 heteroatoms. The van der Waals surface area contributed by atoms with E-state index in [1.807, 2.05) is 0 Å². The van der Waals surface area contributed by atoms with Crippen LogP contribution >= 0.6 is 27.5 Å². The summed E-state index contributed by atoms with van der Waals surface area (Å²) in [5, 5.41) is 0.916. The number of rotatable bonds is 7. The maximum Gasteiger partial charge on any atom is 0.242 e. The Labute approximate surface area is 120 Å². The molecule has 102 valence electrons. The predicted molar refractivity (Wildman–Crippen MR) is 74.2 cm³/mol. The second-order valence-electron chi connectivity index (χ2n) is 3.72. The SMILES string of the molecule is O=S(=O)(NCCCCCBr)c1cc(F)ccc1Cl. The van der Waals surface area contributed by atoms with E-state index in [1.165, 1.54) is 6.07 Å². The van der Waals surface area contributed by atoms with Gasteiger partial charge in [-0.2, -0.15) is 0 Å². The predicted octanol–water partition coefficient (Wildman–Crippen LogP) is 3.32. The molecule has 3 nitrogen and oxygen atoms in total. The Hall–Kier alpha value is -0.170. The van der Waals surface area contributed by atoms with Crippen LogP contribution in [-0.2, 0) is 10.0 Å².